The minimum absolute atomic E-state index is 0.00725. The highest BCUT2D eigenvalue weighted by Crippen LogP contribution is 2.37. The number of alkyl halides is 1. The SMILES string of the molecule is Cc1cc(Br)cc(C(=O)NC2(CBr)CC2)c1. The molecule has 0 radical (unpaired) electrons. The van der Waals surface area contributed by atoms with Gasteiger partial charge < -0.3 is 5.32 Å². The first-order valence-electron chi connectivity index (χ1n) is 5.20. The van der Waals surface area contributed by atoms with Crippen molar-refractivity contribution in [2.24, 2.45) is 0 Å². The Morgan fingerprint density at radius 1 is 1.44 bits per heavy atom. The maximum atomic E-state index is 12.0. The highest BCUT2D eigenvalue weighted by molar-refractivity contribution is 9.10. The van der Waals surface area contributed by atoms with Crippen LogP contribution in [0.3, 0.4) is 0 Å². The third-order valence-corrected chi connectivity index (χ3v) is 4.32. The van der Waals surface area contributed by atoms with Gasteiger partial charge in [-0.25, -0.2) is 0 Å². The Hall–Kier alpha value is -0.350. The van der Waals surface area contributed by atoms with E-state index in [2.05, 4.69) is 37.2 Å². The van der Waals surface area contributed by atoms with Crippen molar-refractivity contribution < 1.29 is 4.79 Å². The summed E-state index contributed by atoms with van der Waals surface area (Å²) in [6, 6.07) is 5.76. The van der Waals surface area contributed by atoms with Gasteiger partial charge in [-0.2, -0.15) is 0 Å². The predicted molar refractivity (Wildman–Crippen MR) is 72.1 cm³/mol. The molecule has 1 aliphatic rings. The number of benzene rings is 1. The van der Waals surface area contributed by atoms with E-state index in [0.717, 1.165) is 33.8 Å². The van der Waals surface area contributed by atoms with E-state index >= 15 is 0 Å². The molecule has 4 heteroatoms. The van der Waals surface area contributed by atoms with Crippen LogP contribution in [0.1, 0.15) is 28.8 Å². The molecule has 16 heavy (non-hydrogen) atoms. The number of aryl methyl sites for hydroxylation is 1. The Kier molecular flexibility index (Phi) is 3.40. The lowest BCUT2D eigenvalue weighted by molar-refractivity contribution is 0.0936. The Labute approximate surface area is 112 Å². The van der Waals surface area contributed by atoms with Gasteiger partial charge in [-0.15, -0.1) is 0 Å². The average molecular weight is 347 g/mol. The summed E-state index contributed by atoms with van der Waals surface area (Å²) in [6.45, 7) is 1.99. The van der Waals surface area contributed by atoms with Crippen LogP contribution in [-0.2, 0) is 0 Å². The van der Waals surface area contributed by atoms with Crippen molar-refractivity contribution in [3.63, 3.8) is 0 Å². The van der Waals surface area contributed by atoms with Gasteiger partial charge >= 0.3 is 0 Å². The molecule has 0 heterocycles. The van der Waals surface area contributed by atoms with E-state index in [9.17, 15) is 4.79 Å². The Morgan fingerprint density at radius 3 is 2.62 bits per heavy atom. The first-order valence-corrected chi connectivity index (χ1v) is 7.12. The van der Waals surface area contributed by atoms with Crippen LogP contribution in [0.5, 0.6) is 0 Å². The van der Waals surface area contributed by atoms with Gasteiger partial charge in [0.1, 0.15) is 0 Å². The van der Waals surface area contributed by atoms with Crippen LogP contribution in [0, 0.1) is 6.92 Å². The fourth-order valence-electron chi connectivity index (χ4n) is 1.62. The molecule has 86 valence electrons. The molecule has 1 fully saturated rings. The molecule has 0 aliphatic heterocycles. The number of hydrogen-bond acceptors (Lipinski definition) is 1. The normalized spacial score (nSPS) is 16.9. The van der Waals surface area contributed by atoms with Crippen LogP contribution in [0.15, 0.2) is 22.7 Å². The molecule has 0 aromatic heterocycles. The van der Waals surface area contributed by atoms with E-state index in [1.807, 2.05) is 25.1 Å². The first-order chi connectivity index (χ1) is 7.54. The smallest absolute Gasteiger partial charge is 0.251 e. The van der Waals surface area contributed by atoms with Crippen molar-refractivity contribution in [2.45, 2.75) is 25.3 Å². The zero-order valence-electron chi connectivity index (χ0n) is 9.02. The van der Waals surface area contributed by atoms with Crippen LogP contribution >= 0.6 is 31.9 Å². The van der Waals surface area contributed by atoms with Gasteiger partial charge in [0, 0.05) is 15.4 Å². The van der Waals surface area contributed by atoms with Gasteiger partial charge in [0.05, 0.1) is 5.54 Å². The molecule has 1 N–H and O–H groups in total. The zero-order valence-corrected chi connectivity index (χ0v) is 12.2. The summed E-state index contributed by atoms with van der Waals surface area (Å²) >= 11 is 6.84. The number of nitrogens with one attached hydrogen (secondary N) is 1. The molecule has 0 unspecified atom stereocenters. The second-order valence-electron chi connectivity index (χ2n) is 4.39. The summed E-state index contributed by atoms with van der Waals surface area (Å²) in [4.78, 5) is 12.0. The molecular formula is C12H13Br2NO. The van der Waals surface area contributed by atoms with Crippen LogP contribution in [0.25, 0.3) is 0 Å². The van der Waals surface area contributed by atoms with Crippen molar-refractivity contribution >= 4 is 37.8 Å². The summed E-state index contributed by atoms with van der Waals surface area (Å²) < 4.78 is 0.946. The van der Waals surface area contributed by atoms with Gasteiger partial charge in [0.25, 0.3) is 5.91 Å². The molecule has 0 atom stereocenters. The number of amides is 1. The van der Waals surface area contributed by atoms with Gasteiger partial charge in [-0.1, -0.05) is 31.9 Å². The van der Waals surface area contributed by atoms with Gasteiger partial charge in [0.15, 0.2) is 0 Å². The number of hydrogen-bond donors (Lipinski definition) is 1. The number of carbonyl (C=O) groups is 1. The second kappa shape index (κ2) is 4.49. The lowest BCUT2D eigenvalue weighted by atomic mass is 10.1. The summed E-state index contributed by atoms with van der Waals surface area (Å²) in [7, 11) is 0. The summed E-state index contributed by atoms with van der Waals surface area (Å²) in [5, 5.41) is 3.91. The topological polar surface area (TPSA) is 29.1 Å². The largest absolute Gasteiger partial charge is 0.346 e. The molecule has 1 amide bonds. The Morgan fingerprint density at radius 2 is 2.12 bits per heavy atom. The fourth-order valence-corrected chi connectivity index (χ4v) is 2.93. The molecule has 2 nitrogen and oxygen atoms in total. The molecule has 1 aliphatic carbocycles. The minimum atomic E-state index is 0.00725. The van der Waals surface area contributed by atoms with Crippen LogP contribution in [0.2, 0.25) is 0 Å². The van der Waals surface area contributed by atoms with Crippen molar-refractivity contribution in [1.29, 1.82) is 0 Å². The van der Waals surface area contributed by atoms with E-state index in [1.165, 1.54) is 0 Å². The lowest BCUT2D eigenvalue weighted by Crippen LogP contribution is -2.38. The summed E-state index contributed by atoms with van der Waals surface area (Å²) in [5.74, 6) is 0.0151. The van der Waals surface area contributed by atoms with Gasteiger partial charge in [0.2, 0.25) is 0 Å². The molecule has 2 rings (SSSR count). The number of carbonyl (C=O) groups excluding carboxylic acids is 1. The summed E-state index contributed by atoms with van der Waals surface area (Å²) in [6.07, 6.45) is 2.13. The second-order valence-corrected chi connectivity index (χ2v) is 5.86. The first kappa shape index (κ1) is 12.1. The van der Waals surface area contributed by atoms with Crippen LogP contribution < -0.4 is 5.32 Å². The highest BCUT2D eigenvalue weighted by atomic mass is 79.9. The van der Waals surface area contributed by atoms with Crippen molar-refractivity contribution in [1.82, 2.24) is 5.32 Å². The van der Waals surface area contributed by atoms with Gasteiger partial charge in [-0.05, 0) is 43.5 Å². The molecular weight excluding hydrogens is 334 g/mol. The molecule has 1 aromatic carbocycles. The monoisotopic (exact) mass is 345 g/mol. The zero-order chi connectivity index (χ0) is 11.8. The minimum Gasteiger partial charge on any atom is -0.346 e. The van der Waals surface area contributed by atoms with E-state index in [0.29, 0.717) is 0 Å². The van der Waals surface area contributed by atoms with E-state index in [-0.39, 0.29) is 11.4 Å². The summed E-state index contributed by atoms with van der Waals surface area (Å²) in [5.41, 5.74) is 1.81. The lowest BCUT2D eigenvalue weighted by Gasteiger charge is -2.14. The molecule has 0 saturated heterocycles. The van der Waals surface area contributed by atoms with Gasteiger partial charge in [-0.3, -0.25) is 4.79 Å². The standard InChI is InChI=1S/C12H13Br2NO/c1-8-4-9(6-10(14)5-8)11(16)15-12(7-13)2-3-12/h4-6H,2-3,7H2,1H3,(H,15,16). The maximum absolute atomic E-state index is 12.0. The number of rotatable bonds is 3. The molecule has 0 spiro atoms. The molecule has 1 saturated carbocycles. The van der Waals surface area contributed by atoms with Crippen LogP contribution in [0.4, 0.5) is 0 Å². The Bertz CT molecular complexity index is 407. The van der Waals surface area contributed by atoms with E-state index in [4.69, 9.17) is 0 Å². The molecule has 0 bridgehead atoms. The molecule has 1 aromatic rings. The number of halogens is 2. The van der Waals surface area contributed by atoms with E-state index in [1.54, 1.807) is 0 Å². The Balaban J connectivity index is 2.14. The van der Waals surface area contributed by atoms with Crippen molar-refractivity contribution in [3.05, 3.63) is 33.8 Å². The van der Waals surface area contributed by atoms with Crippen LogP contribution in [-0.4, -0.2) is 16.8 Å². The maximum Gasteiger partial charge on any atom is 0.251 e. The van der Waals surface area contributed by atoms with Crippen molar-refractivity contribution in [3.8, 4) is 0 Å². The third kappa shape index (κ3) is 2.66. The predicted octanol–water partition coefficient (Wildman–Crippen LogP) is 3.41. The van der Waals surface area contributed by atoms with Crippen molar-refractivity contribution in [2.75, 3.05) is 5.33 Å². The fraction of sp³-hybridized carbons (Fsp3) is 0.417. The average Bonchev–Trinajstić information content (AvgIpc) is 2.97. The highest BCUT2D eigenvalue weighted by Gasteiger charge is 2.42. The quantitative estimate of drug-likeness (QED) is 0.835. The van der Waals surface area contributed by atoms with E-state index < -0.39 is 0 Å². The third-order valence-electron chi connectivity index (χ3n) is 2.79.